The van der Waals surface area contributed by atoms with Crippen molar-refractivity contribution in [1.82, 2.24) is 10.6 Å². The number of carbonyl (C=O) groups is 2. The second kappa shape index (κ2) is 10.7. The van der Waals surface area contributed by atoms with Crippen LogP contribution in [0.5, 0.6) is 0 Å². The molecular weight excluding hydrogens is 364 g/mol. The lowest BCUT2D eigenvalue weighted by molar-refractivity contribution is -0.122. The monoisotopic (exact) mass is 388 g/mol. The van der Waals surface area contributed by atoms with Gasteiger partial charge in [-0.05, 0) is 31.0 Å². The Balaban J connectivity index is 2.09. The van der Waals surface area contributed by atoms with Gasteiger partial charge in [0.05, 0.1) is 23.0 Å². The van der Waals surface area contributed by atoms with Crippen LogP contribution in [0.3, 0.4) is 0 Å². The van der Waals surface area contributed by atoms with Crippen LogP contribution in [-0.2, 0) is 9.53 Å². The minimum absolute atomic E-state index is 0.00635. The fourth-order valence-electron chi connectivity index (χ4n) is 2.70. The number of carbonyl (C=O) groups excluding carboxylic acids is 2. The number of rotatable bonds is 9. The minimum Gasteiger partial charge on any atom is -0.385 e. The van der Waals surface area contributed by atoms with Gasteiger partial charge in [0, 0.05) is 19.8 Å². The molecule has 2 amide bonds. The number of ether oxygens (including phenoxy) is 1. The van der Waals surface area contributed by atoms with E-state index in [0.717, 1.165) is 12.0 Å². The molecule has 5 nitrogen and oxygen atoms in total. The highest BCUT2D eigenvalue weighted by atomic mass is 35.5. The zero-order valence-corrected chi connectivity index (χ0v) is 16.3. The van der Waals surface area contributed by atoms with Crippen molar-refractivity contribution in [2.24, 2.45) is 0 Å². The Bertz CT molecular complexity index is 752. The number of benzene rings is 2. The first-order chi connectivity index (χ1) is 13.0. The second-order valence-corrected chi connectivity index (χ2v) is 6.78. The molecule has 0 heterocycles. The van der Waals surface area contributed by atoms with Crippen LogP contribution in [0.2, 0.25) is 5.02 Å². The molecule has 0 saturated carbocycles. The van der Waals surface area contributed by atoms with Gasteiger partial charge in [-0.15, -0.1) is 0 Å². The van der Waals surface area contributed by atoms with Gasteiger partial charge in [0.2, 0.25) is 5.91 Å². The van der Waals surface area contributed by atoms with Crippen molar-refractivity contribution in [1.29, 1.82) is 0 Å². The highest BCUT2D eigenvalue weighted by Gasteiger charge is 2.21. The van der Waals surface area contributed by atoms with Gasteiger partial charge < -0.3 is 15.4 Å². The molecule has 0 aromatic heterocycles. The zero-order valence-electron chi connectivity index (χ0n) is 15.6. The largest absolute Gasteiger partial charge is 0.385 e. The summed E-state index contributed by atoms with van der Waals surface area (Å²) in [4.78, 5) is 25.1. The van der Waals surface area contributed by atoms with Crippen molar-refractivity contribution in [2.45, 2.75) is 31.8 Å². The van der Waals surface area contributed by atoms with Crippen molar-refractivity contribution in [3.8, 4) is 0 Å². The fraction of sp³-hybridized carbons (Fsp3) is 0.333. The molecule has 0 bridgehead atoms. The van der Waals surface area contributed by atoms with E-state index >= 15 is 0 Å². The minimum atomic E-state index is -0.454. The lowest BCUT2D eigenvalue weighted by Gasteiger charge is -2.21. The van der Waals surface area contributed by atoms with E-state index in [1.807, 2.05) is 37.3 Å². The molecule has 144 valence electrons. The van der Waals surface area contributed by atoms with Crippen LogP contribution < -0.4 is 10.6 Å². The Morgan fingerprint density at radius 2 is 1.70 bits per heavy atom. The first kappa shape index (κ1) is 20.9. The Morgan fingerprint density at radius 3 is 2.37 bits per heavy atom. The summed E-state index contributed by atoms with van der Waals surface area (Å²) in [6.45, 7) is 2.50. The summed E-state index contributed by atoms with van der Waals surface area (Å²) in [6, 6.07) is 15.8. The van der Waals surface area contributed by atoms with Crippen molar-refractivity contribution in [3.63, 3.8) is 0 Å². The topological polar surface area (TPSA) is 67.4 Å². The van der Waals surface area contributed by atoms with Crippen LogP contribution in [-0.4, -0.2) is 31.6 Å². The van der Waals surface area contributed by atoms with E-state index < -0.39 is 6.04 Å². The average Bonchev–Trinajstić information content (AvgIpc) is 2.66. The van der Waals surface area contributed by atoms with E-state index in [1.54, 1.807) is 31.4 Å². The lowest BCUT2D eigenvalue weighted by Crippen LogP contribution is -2.37. The number of nitrogens with one attached hydrogen (secondary N) is 2. The maximum Gasteiger partial charge on any atom is 0.253 e. The number of halogens is 1. The second-order valence-electron chi connectivity index (χ2n) is 6.37. The molecule has 2 unspecified atom stereocenters. The number of amides is 2. The molecule has 6 heteroatoms. The molecule has 0 radical (unpaired) electrons. The quantitative estimate of drug-likeness (QED) is 0.687. The van der Waals surface area contributed by atoms with Crippen LogP contribution >= 0.6 is 11.6 Å². The molecule has 0 aliphatic carbocycles. The lowest BCUT2D eigenvalue weighted by atomic mass is 10.0. The highest BCUT2D eigenvalue weighted by Crippen LogP contribution is 2.20. The molecule has 2 aromatic carbocycles. The third kappa shape index (κ3) is 6.70. The molecule has 0 fully saturated rings. The molecule has 2 rings (SSSR count). The summed E-state index contributed by atoms with van der Waals surface area (Å²) in [7, 11) is 1.63. The van der Waals surface area contributed by atoms with Crippen molar-refractivity contribution < 1.29 is 14.3 Å². The SMILES string of the molecule is COCCC(C)NC(=O)CC(NC(=O)c1ccccc1Cl)c1ccccc1. The molecule has 0 saturated heterocycles. The number of methoxy groups -OCH3 is 1. The van der Waals surface area contributed by atoms with E-state index in [0.29, 0.717) is 17.2 Å². The first-order valence-corrected chi connectivity index (χ1v) is 9.27. The van der Waals surface area contributed by atoms with E-state index in [2.05, 4.69) is 10.6 Å². The third-order valence-electron chi connectivity index (χ3n) is 4.18. The Morgan fingerprint density at radius 1 is 1.04 bits per heavy atom. The van der Waals surface area contributed by atoms with Gasteiger partial charge in [0.1, 0.15) is 0 Å². The van der Waals surface area contributed by atoms with Gasteiger partial charge in [-0.1, -0.05) is 54.1 Å². The van der Waals surface area contributed by atoms with Gasteiger partial charge in [-0.3, -0.25) is 9.59 Å². The standard InChI is InChI=1S/C21H25ClN2O3/c1-15(12-13-27-2)23-20(25)14-19(16-8-4-3-5-9-16)24-21(26)17-10-6-7-11-18(17)22/h3-11,15,19H,12-14H2,1-2H3,(H,23,25)(H,24,26). The van der Waals surface area contributed by atoms with E-state index in [9.17, 15) is 9.59 Å². The summed E-state index contributed by atoms with van der Waals surface area (Å²) < 4.78 is 5.04. The Labute approximate surface area is 165 Å². The summed E-state index contributed by atoms with van der Waals surface area (Å²) in [5, 5.41) is 6.25. The maximum absolute atomic E-state index is 12.7. The average molecular weight is 389 g/mol. The van der Waals surface area contributed by atoms with Gasteiger partial charge in [0.25, 0.3) is 5.91 Å². The van der Waals surface area contributed by atoms with E-state index in [4.69, 9.17) is 16.3 Å². The van der Waals surface area contributed by atoms with Crippen molar-refractivity contribution in [3.05, 3.63) is 70.7 Å². The molecule has 0 spiro atoms. The summed E-state index contributed by atoms with van der Waals surface area (Å²) >= 11 is 6.12. The van der Waals surface area contributed by atoms with Crippen molar-refractivity contribution in [2.75, 3.05) is 13.7 Å². The molecule has 27 heavy (non-hydrogen) atoms. The number of hydrogen-bond donors (Lipinski definition) is 2. The van der Waals surface area contributed by atoms with Crippen LogP contribution in [0.4, 0.5) is 0 Å². The summed E-state index contributed by atoms with van der Waals surface area (Å²) in [5.74, 6) is -0.443. The zero-order chi connectivity index (χ0) is 19.6. The smallest absolute Gasteiger partial charge is 0.253 e. The van der Waals surface area contributed by atoms with Crippen LogP contribution in [0.1, 0.15) is 41.7 Å². The van der Waals surface area contributed by atoms with Crippen LogP contribution in [0.25, 0.3) is 0 Å². The van der Waals surface area contributed by atoms with Gasteiger partial charge >= 0.3 is 0 Å². The molecule has 0 aliphatic rings. The van der Waals surface area contributed by atoms with Crippen LogP contribution in [0.15, 0.2) is 54.6 Å². The third-order valence-corrected chi connectivity index (χ3v) is 4.51. The van der Waals surface area contributed by atoms with Crippen molar-refractivity contribution >= 4 is 23.4 Å². The molecule has 2 aromatic rings. The van der Waals surface area contributed by atoms with E-state index in [-0.39, 0.29) is 24.3 Å². The first-order valence-electron chi connectivity index (χ1n) is 8.90. The molecular formula is C21H25ClN2O3. The molecule has 0 aliphatic heterocycles. The highest BCUT2D eigenvalue weighted by molar-refractivity contribution is 6.33. The normalized spacial score (nSPS) is 12.9. The Hall–Kier alpha value is -2.37. The van der Waals surface area contributed by atoms with Gasteiger partial charge in [-0.25, -0.2) is 0 Å². The van der Waals surface area contributed by atoms with Gasteiger partial charge in [0.15, 0.2) is 0 Å². The Kier molecular flexibility index (Phi) is 8.30. The molecule has 2 atom stereocenters. The predicted molar refractivity (Wildman–Crippen MR) is 107 cm³/mol. The molecule has 2 N–H and O–H groups in total. The fourth-order valence-corrected chi connectivity index (χ4v) is 2.93. The summed E-state index contributed by atoms with van der Waals surface area (Å²) in [6.07, 6.45) is 0.863. The van der Waals surface area contributed by atoms with Gasteiger partial charge in [-0.2, -0.15) is 0 Å². The summed E-state index contributed by atoms with van der Waals surface area (Å²) in [5.41, 5.74) is 1.24. The van der Waals surface area contributed by atoms with E-state index in [1.165, 1.54) is 0 Å². The number of hydrogen-bond acceptors (Lipinski definition) is 3. The van der Waals surface area contributed by atoms with Crippen LogP contribution in [0, 0.1) is 0 Å². The maximum atomic E-state index is 12.7. The predicted octanol–water partition coefficient (Wildman–Crippen LogP) is 3.74.